The van der Waals surface area contributed by atoms with E-state index in [9.17, 15) is 5.11 Å². The van der Waals surface area contributed by atoms with E-state index in [-0.39, 0.29) is 0 Å². The Morgan fingerprint density at radius 2 is 1.63 bits per heavy atom. The molecule has 0 bridgehead atoms. The average Bonchev–Trinajstić information content (AvgIpc) is 3.18. The summed E-state index contributed by atoms with van der Waals surface area (Å²) in [4.78, 5) is 2.34. The molecule has 0 saturated heterocycles. The van der Waals surface area contributed by atoms with E-state index in [0.717, 1.165) is 31.8 Å². The van der Waals surface area contributed by atoms with Crippen molar-refractivity contribution in [2.45, 2.75) is 39.5 Å². The Morgan fingerprint density at radius 3 is 2.33 bits per heavy atom. The molecule has 4 nitrogen and oxygen atoms in total. The highest BCUT2D eigenvalue weighted by molar-refractivity contribution is 5.21. The van der Waals surface area contributed by atoms with Crippen molar-refractivity contribution in [3.63, 3.8) is 0 Å². The zero-order valence-electron chi connectivity index (χ0n) is 18.2. The Bertz CT molecular complexity index is 846. The fourth-order valence-electron chi connectivity index (χ4n) is 3.49. The zero-order chi connectivity index (χ0) is 21.2. The van der Waals surface area contributed by atoms with Crippen LogP contribution in [-0.2, 0) is 13.1 Å². The predicted octanol–water partition coefficient (Wildman–Crippen LogP) is 4.82. The second kappa shape index (κ2) is 11.6. The van der Waals surface area contributed by atoms with E-state index in [1.165, 1.54) is 11.3 Å². The van der Waals surface area contributed by atoms with Gasteiger partial charge in [0.1, 0.15) is 18.5 Å². The van der Waals surface area contributed by atoms with Gasteiger partial charge in [-0.15, -0.1) is 0 Å². The molecule has 30 heavy (non-hydrogen) atoms. The Labute approximate surface area is 180 Å². The van der Waals surface area contributed by atoms with E-state index in [1.807, 2.05) is 36.4 Å². The van der Waals surface area contributed by atoms with Gasteiger partial charge in [0.25, 0.3) is 0 Å². The van der Waals surface area contributed by atoms with Gasteiger partial charge in [-0.3, -0.25) is 4.90 Å². The van der Waals surface area contributed by atoms with Gasteiger partial charge < -0.3 is 14.4 Å². The third kappa shape index (κ3) is 7.36. The van der Waals surface area contributed by atoms with Gasteiger partial charge in [0, 0.05) is 31.5 Å². The van der Waals surface area contributed by atoms with Gasteiger partial charge in [-0.1, -0.05) is 62.4 Å². The van der Waals surface area contributed by atoms with Gasteiger partial charge >= 0.3 is 0 Å². The van der Waals surface area contributed by atoms with E-state index in [2.05, 4.69) is 65.9 Å². The molecule has 160 valence electrons. The summed E-state index contributed by atoms with van der Waals surface area (Å²) in [6, 6.07) is 24.5. The first-order valence-electron chi connectivity index (χ1n) is 10.9. The summed E-state index contributed by atoms with van der Waals surface area (Å²) >= 11 is 0. The monoisotopic (exact) mass is 406 g/mol. The SMILES string of the molecule is CC(C)CCN(Cc1cccn1Cc1ccccc1)CC(O)COc1ccccc1. The third-order valence-corrected chi connectivity index (χ3v) is 5.18. The quantitative estimate of drug-likeness (QED) is 0.468. The van der Waals surface area contributed by atoms with E-state index in [1.54, 1.807) is 0 Å². The highest BCUT2D eigenvalue weighted by Gasteiger charge is 2.15. The number of hydrogen-bond donors (Lipinski definition) is 1. The highest BCUT2D eigenvalue weighted by atomic mass is 16.5. The molecule has 0 aliphatic rings. The number of hydrogen-bond acceptors (Lipinski definition) is 3. The molecule has 1 N–H and O–H groups in total. The van der Waals surface area contributed by atoms with Crippen molar-refractivity contribution >= 4 is 0 Å². The van der Waals surface area contributed by atoms with Gasteiger partial charge in [0.15, 0.2) is 0 Å². The van der Waals surface area contributed by atoms with Crippen LogP contribution in [0.4, 0.5) is 0 Å². The Hall–Kier alpha value is -2.56. The van der Waals surface area contributed by atoms with Crippen LogP contribution >= 0.6 is 0 Å². The van der Waals surface area contributed by atoms with Gasteiger partial charge in [-0.2, -0.15) is 0 Å². The number of aliphatic hydroxyl groups is 1. The topological polar surface area (TPSA) is 37.6 Å². The standard InChI is InChI=1S/C26H34N2O2/c1-22(2)15-17-27(20-25(29)21-30-26-13-7-4-8-14-26)19-24-12-9-16-28(24)18-23-10-5-3-6-11-23/h3-14,16,22,25,29H,15,17-21H2,1-2H3. The number of aromatic nitrogens is 1. The average molecular weight is 407 g/mol. The third-order valence-electron chi connectivity index (χ3n) is 5.18. The van der Waals surface area contributed by atoms with Crippen molar-refractivity contribution in [1.82, 2.24) is 9.47 Å². The summed E-state index contributed by atoms with van der Waals surface area (Å²) in [5, 5.41) is 10.6. The molecule has 4 heteroatoms. The number of para-hydroxylation sites is 1. The molecule has 3 rings (SSSR count). The molecule has 1 aromatic heterocycles. The van der Waals surface area contributed by atoms with Crippen molar-refractivity contribution in [3.8, 4) is 5.75 Å². The Morgan fingerprint density at radius 1 is 0.933 bits per heavy atom. The van der Waals surface area contributed by atoms with Crippen LogP contribution in [0.3, 0.4) is 0 Å². The first-order chi connectivity index (χ1) is 14.6. The number of aliphatic hydroxyl groups excluding tert-OH is 1. The van der Waals surface area contributed by atoms with Crippen molar-refractivity contribution in [1.29, 1.82) is 0 Å². The van der Waals surface area contributed by atoms with Gasteiger partial charge in [-0.05, 0) is 48.7 Å². The first kappa shape index (κ1) is 22.1. The molecule has 1 unspecified atom stereocenters. The fourth-order valence-corrected chi connectivity index (χ4v) is 3.49. The van der Waals surface area contributed by atoms with E-state index >= 15 is 0 Å². The van der Waals surface area contributed by atoms with Crippen LogP contribution in [0.15, 0.2) is 79.0 Å². The Kier molecular flexibility index (Phi) is 8.54. The minimum atomic E-state index is -0.532. The van der Waals surface area contributed by atoms with Crippen LogP contribution in [0.25, 0.3) is 0 Å². The highest BCUT2D eigenvalue weighted by Crippen LogP contribution is 2.14. The number of benzene rings is 2. The van der Waals surface area contributed by atoms with Gasteiger partial charge in [0.2, 0.25) is 0 Å². The van der Waals surface area contributed by atoms with Crippen molar-refractivity contribution in [2.24, 2.45) is 5.92 Å². The van der Waals surface area contributed by atoms with Crippen LogP contribution in [0.5, 0.6) is 5.75 Å². The molecule has 0 fully saturated rings. The molecule has 2 aromatic carbocycles. The van der Waals surface area contributed by atoms with Crippen molar-refractivity contribution in [2.75, 3.05) is 19.7 Å². The van der Waals surface area contributed by atoms with Crippen molar-refractivity contribution < 1.29 is 9.84 Å². The minimum Gasteiger partial charge on any atom is -0.491 e. The maximum absolute atomic E-state index is 10.6. The van der Waals surface area contributed by atoms with E-state index in [0.29, 0.717) is 19.1 Å². The summed E-state index contributed by atoms with van der Waals surface area (Å²) in [6.07, 6.45) is 2.71. The van der Waals surface area contributed by atoms with Crippen molar-refractivity contribution in [3.05, 3.63) is 90.3 Å². The summed E-state index contributed by atoms with van der Waals surface area (Å²) < 4.78 is 8.05. The Balaban J connectivity index is 1.60. The zero-order valence-corrected chi connectivity index (χ0v) is 18.2. The molecule has 3 aromatic rings. The lowest BCUT2D eigenvalue weighted by Crippen LogP contribution is -2.36. The molecule has 1 atom stereocenters. The molecule has 0 radical (unpaired) electrons. The molecular weight excluding hydrogens is 372 g/mol. The maximum Gasteiger partial charge on any atom is 0.119 e. The maximum atomic E-state index is 10.6. The van der Waals surface area contributed by atoms with Crippen LogP contribution in [0.1, 0.15) is 31.5 Å². The van der Waals surface area contributed by atoms with Gasteiger partial charge in [0.05, 0.1) is 0 Å². The normalized spacial score (nSPS) is 12.4. The second-order valence-electron chi connectivity index (χ2n) is 8.31. The predicted molar refractivity (Wildman–Crippen MR) is 123 cm³/mol. The van der Waals surface area contributed by atoms with E-state index < -0.39 is 6.10 Å². The van der Waals surface area contributed by atoms with E-state index in [4.69, 9.17) is 4.74 Å². The summed E-state index contributed by atoms with van der Waals surface area (Å²) in [5.41, 5.74) is 2.55. The largest absolute Gasteiger partial charge is 0.491 e. The van der Waals surface area contributed by atoms with Gasteiger partial charge in [-0.25, -0.2) is 0 Å². The lowest BCUT2D eigenvalue weighted by molar-refractivity contribution is 0.0632. The minimum absolute atomic E-state index is 0.299. The first-order valence-corrected chi connectivity index (χ1v) is 10.9. The lowest BCUT2D eigenvalue weighted by Gasteiger charge is -2.26. The molecule has 0 spiro atoms. The lowest BCUT2D eigenvalue weighted by atomic mass is 10.1. The smallest absolute Gasteiger partial charge is 0.119 e. The van der Waals surface area contributed by atoms with Crippen LogP contribution in [-0.4, -0.2) is 40.4 Å². The molecule has 1 heterocycles. The fraction of sp³-hybridized carbons (Fsp3) is 0.385. The molecule has 0 amide bonds. The summed E-state index contributed by atoms with van der Waals surface area (Å²) in [6.45, 7) is 8.01. The summed E-state index contributed by atoms with van der Waals surface area (Å²) in [7, 11) is 0. The van der Waals surface area contributed by atoms with Crippen LogP contribution < -0.4 is 4.74 Å². The van der Waals surface area contributed by atoms with Crippen LogP contribution in [0, 0.1) is 5.92 Å². The molecule has 0 saturated carbocycles. The van der Waals surface area contributed by atoms with Crippen LogP contribution in [0.2, 0.25) is 0 Å². The summed E-state index contributed by atoms with van der Waals surface area (Å²) in [5.74, 6) is 1.42. The second-order valence-corrected chi connectivity index (χ2v) is 8.31. The molecule has 0 aliphatic heterocycles. The number of ether oxygens (including phenoxy) is 1. The molecule has 0 aliphatic carbocycles. The number of rotatable bonds is 12. The number of nitrogens with zero attached hydrogens (tertiary/aromatic N) is 2. The molecular formula is C26H34N2O2.